The van der Waals surface area contributed by atoms with Gasteiger partial charge in [-0.2, -0.15) is 4.98 Å². The molecule has 0 aliphatic carbocycles. The molecule has 2 aliphatic heterocycles. The van der Waals surface area contributed by atoms with Crippen molar-refractivity contribution in [3.63, 3.8) is 0 Å². The number of carbonyl (C=O) groups is 1. The third kappa shape index (κ3) is 6.28. The number of carbonyl (C=O) groups excluding carboxylic acids is 1. The van der Waals surface area contributed by atoms with E-state index in [0.717, 1.165) is 29.7 Å². The molecular weight excluding hydrogens is 526 g/mol. The van der Waals surface area contributed by atoms with Crippen molar-refractivity contribution in [2.75, 3.05) is 37.4 Å². The first-order valence-corrected chi connectivity index (χ1v) is 15.1. The minimum atomic E-state index is -4.07. The van der Waals surface area contributed by atoms with Gasteiger partial charge in [0.1, 0.15) is 6.10 Å². The van der Waals surface area contributed by atoms with Crippen molar-refractivity contribution in [1.82, 2.24) is 19.8 Å². The van der Waals surface area contributed by atoms with Gasteiger partial charge in [-0.3, -0.25) is 9.69 Å². The highest BCUT2D eigenvalue weighted by atomic mass is 32.2. The molecule has 1 atom stereocenters. The highest BCUT2D eigenvalue weighted by Gasteiger charge is 2.30. The Balaban J connectivity index is 1.62. The molecule has 1 amide bonds. The van der Waals surface area contributed by atoms with E-state index in [4.69, 9.17) is 4.74 Å². The SMILES string of the molecule is Cc1cccc(C)c1-c1cc2nc(n1)NS(=O)(=O)c1cccc(c1)C(=O)N1CCN(CCC(C)(C)C)C[C@H](C1)O2. The molecule has 212 valence electrons. The van der Waals surface area contributed by atoms with Crippen LogP contribution >= 0.6 is 0 Å². The highest BCUT2D eigenvalue weighted by molar-refractivity contribution is 7.92. The van der Waals surface area contributed by atoms with Gasteiger partial charge in [0, 0.05) is 36.8 Å². The van der Waals surface area contributed by atoms with E-state index in [1.807, 2.05) is 32.0 Å². The van der Waals surface area contributed by atoms with Crippen LogP contribution in [0.3, 0.4) is 0 Å². The Morgan fingerprint density at radius 3 is 2.45 bits per heavy atom. The zero-order valence-electron chi connectivity index (χ0n) is 23.8. The van der Waals surface area contributed by atoms with Gasteiger partial charge in [0.15, 0.2) is 0 Å². The second-order valence-corrected chi connectivity index (χ2v) is 13.6. The lowest BCUT2D eigenvalue weighted by Gasteiger charge is -2.27. The maximum Gasteiger partial charge on any atom is 0.264 e. The van der Waals surface area contributed by atoms with Crippen LogP contribution in [0.4, 0.5) is 5.95 Å². The summed E-state index contributed by atoms with van der Waals surface area (Å²) in [4.78, 5) is 26.8. The molecule has 1 fully saturated rings. The lowest BCUT2D eigenvalue weighted by atomic mass is 9.92. The van der Waals surface area contributed by atoms with Crippen molar-refractivity contribution in [3.8, 4) is 17.1 Å². The molecule has 3 heterocycles. The van der Waals surface area contributed by atoms with Gasteiger partial charge >= 0.3 is 0 Å². The van der Waals surface area contributed by atoms with Crippen LogP contribution in [-0.4, -0.2) is 72.9 Å². The van der Waals surface area contributed by atoms with Gasteiger partial charge in [-0.25, -0.2) is 18.1 Å². The number of aryl methyl sites for hydroxylation is 2. The fourth-order valence-corrected chi connectivity index (χ4v) is 6.19. The van der Waals surface area contributed by atoms with Crippen LogP contribution in [0, 0.1) is 19.3 Å². The number of ether oxygens (including phenoxy) is 1. The molecule has 2 aromatic carbocycles. The lowest BCUT2D eigenvalue weighted by Crippen LogP contribution is -2.40. The molecule has 2 aliphatic rings. The van der Waals surface area contributed by atoms with E-state index >= 15 is 0 Å². The number of benzene rings is 2. The molecule has 0 radical (unpaired) electrons. The predicted molar refractivity (Wildman–Crippen MR) is 155 cm³/mol. The van der Waals surface area contributed by atoms with Crippen molar-refractivity contribution in [2.24, 2.45) is 5.41 Å². The number of nitrogens with one attached hydrogen (secondary N) is 1. The number of amides is 1. The number of rotatable bonds is 3. The van der Waals surface area contributed by atoms with Crippen molar-refractivity contribution >= 4 is 21.9 Å². The van der Waals surface area contributed by atoms with E-state index in [1.165, 1.54) is 12.1 Å². The Kier molecular flexibility index (Phi) is 7.58. The van der Waals surface area contributed by atoms with Gasteiger partial charge in [0.25, 0.3) is 15.9 Å². The standard InChI is InChI=1S/C30H37N5O4S/c1-20-8-6-9-21(2)27(20)25-17-26-32-29(31-25)33-40(37,38)24-11-7-10-22(16-24)28(36)35-15-14-34(13-12-30(3,4)5)18-23(19-35)39-26/h6-11,16-17,23H,12-15,18-19H2,1-5H3,(H,31,32,33)/t23-/m1/s1. The minimum Gasteiger partial charge on any atom is -0.471 e. The number of sulfonamides is 1. The number of aromatic nitrogens is 2. The Bertz CT molecular complexity index is 1510. The Morgan fingerprint density at radius 1 is 1.00 bits per heavy atom. The second kappa shape index (κ2) is 10.8. The number of hydrogen-bond donors (Lipinski definition) is 1. The van der Waals surface area contributed by atoms with E-state index in [9.17, 15) is 13.2 Å². The summed E-state index contributed by atoms with van der Waals surface area (Å²) >= 11 is 0. The Morgan fingerprint density at radius 2 is 1.73 bits per heavy atom. The first-order chi connectivity index (χ1) is 18.9. The number of nitrogens with zero attached hydrogens (tertiary/aromatic N) is 4. The summed E-state index contributed by atoms with van der Waals surface area (Å²) in [5.74, 6) is -0.0517. The van der Waals surface area contributed by atoms with Crippen LogP contribution in [-0.2, 0) is 10.0 Å². The smallest absolute Gasteiger partial charge is 0.264 e. The van der Waals surface area contributed by atoms with Crippen LogP contribution in [0.15, 0.2) is 53.4 Å². The van der Waals surface area contributed by atoms with Gasteiger partial charge in [-0.1, -0.05) is 45.0 Å². The predicted octanol–water partition coefficient (Wildman–Crippen LogP) is 4.52. The van der Waals surface area contributed by atoms with Crippen LogP contribution in [0.1, 0.15) is 48.7 Å². The first kappa shape index (κ1) is 28.0. The molecule has 1 saturated heterocycles. The molecule has 0 unspecified atom stereocenters. The summed E-state index contributed by atoms with van der Waals surface area (Å²) in [5, 5.41) is 0. The van der Waals surface area contributed by atoms with Crippen molar-refractivity contribution in [2.45, 2.75) is 52.0 Å². The Labute approximate surface area is 236 Å². The van der Waals surface area contributed by atoms with E-state index < -0.39 is 10.0 Å². The van der Waals surface area contributed by atoms with Crippen LogP contribution in [0.5, 0.6) is 5.88 Å². The zero-order chi connectivity index (χ0) is 28.7. The quantitative estimate of drug-likeness (QED) is 0.500. The molecular formula is C30H37N5O4S. The fourth-order valence-electron chi connectivity index (χ4n) is 5.20. The Hall–Kier alpha value is -3.50. The number of anilines is 1. The molecule has 3 aromatic rings. The summed E-state index contributed by atoms with van der Waals surface area (Å²) in [6.07, 6.45) is 0.631. The largest absolute Gasteiger partial charge is 0.471 e. The molecule has 9 nitrogen and oxygen atoms in total. The van der Waals surface area contributed by atoms with Gasteiger partial charge in [0.2, 0.25) is 11.8 Å². The summed E-state index contributed by atoms with van der Waals surface area (Å²) in [5.41, 5.74) is 3.95. The van der Waals surface area contributed by atoms with E-state index in [-0.39, 0.29) is 34.1 Å². The van der Waals surface area contributed by atoms with Gasteiger partial charge in [-0.15, -0.1) is 0 Å². The maximum atomic E-state index is 13.6. The van der Waals surface area contributed by atoms with Crippen molar-refractivity contribution in [1.29, 1.82) is 0 Å². The third-order valence-corrected chi connectivity index (χ3v) is 8.71. The van der Waals surface area contributed by atoms with Crippen LogP contribution in [0.2, 0.25) is 0 Å². The molecule has 0 saturated carbocycles. The molecule has 1 aromatic heterocycles. The van der Waals surface area contributed by atoms with Crippen LogP contribution < -0.4 is 9.46 Å². The summed E-state index contributed by atoms with van der Waals surface area (Å²) in [7, 11) is -4.07. The minimum absolute atomic E-state index is 0.0284. The lowest BCUT2D eigenvalue weighted by molar-refractivity contribution is 0.0690. The van der Waals surface area contributed by atoms with Crippen molar-refractivity contribution < 1.29 is 17.9 Å². The van der Waals surface area contributed by atoms with E-state index in [1.54, 1.807) is 23.1 Å². The van der Waals surface area contributed by atoms with E-state index in [2.05, 4.69) is 40.4 Å². The average molecular weight is 564 g/mol. The van der Waals surface area contributed by atoms with Crippen molar-refractivity contribution in [3.05, 3.63) is 65.2 Å². The normalized spacial score (nSPS) is 19.4. The fraction of sp³-hybridized carbons (Fsp3) is 0.433. The molecule has 0 spiro atoms. The number of fused-ring (bicyclic) bond motifs is 6. The summed E-state index contributed by atoms with van der Waals surface area (Å²) in [6, 6.07) is 13.8. The first-order valence-electron chi connectivity index (χ1n) is 13.6. The maximum absolute atomic E-state index is 13.6. The molecule has 40 heavy (non-hydrogen) atoms. The van der Waals surface area contributed by atoms with Gasteiger partial charge < -0.3 is 9.64 Å². The van der Waals surface area contributed by atoms with Crippen LogP contribution in [0.25, 0.3) is 11.3 Å². The topological polar surface area (TPSA) is 105 Å². The summed E-state index contributed by atoms with van der Waals surface area (Å²) in [6.45, 7) is 13.7. The second-order valence-electron chi connectivity index (χ2n) is 11.9. The molecule has 6 bridgehead atoms. The summed E-state index contributed by atoms with van der Waals surface area (Å²) < 4.78 is 35.8. The third-order valence-electron chi connectivity index (χ3n) is 7.38. The molecule has 10 heteroatoms. The van der Waals surface area contributed by atoms with Gasteiger partial charge in [0.05, 0.1) is 17.1 Å². The van der Waals surface area contributed by atoms with Gasteiger partial charge in [-0.05, 0) is 61.6 Å². The molecule has 5 rings (SSSR count). The van der Waals surface area contributed by atoms with E-state index in [0.29, 0.717) is 37.4 Å². The molecule has 1 N–H and O–H groups in total. The average Bonchev–Trinajstić information content (AvgIpc) is 3.08. The highest BCUT2D eigenvalue weighted by Crippen LogP contribution is 2.30. The zero-order valence-corrected chi connectivity index (χ0v) is 24.6. The monoisotopic (exact) mass is 563 g/mol. The number of hydrogen-bond acceptors (Lipinski definition) is 7.